The molecule has 6 nitrogen and oxygen atoms in total. The molecule has 0 aromatic carbocycles. The average Bonchev–Trinajstić information content (AvgIpc) is 2.28. The van der Waals surface area contributed by atoms with Gasteiger partial charge in [0.05, 0.1) is 26.0 Å². The molecule has 1 saturated heterocycles. The molecule has 15 heavy (non-hydrogen) atoms. The van der Waals surface area contributed by atoms with Crippen molar-refractivity contribution >= 4 is 16.0 Å². The van der Waals surface area contributed by atoms with E-state index in [1.807, 2.05) is 0 Å². The number of sulfonamides is 1. The lowest BCUT2D eigenvalue weighted by Crippen LogP contribution is -2.49. The summed E-state index contributed by atoms with van der Waals surface area (Å²) in [4.78, 5) is 11.2. The van der Waals surface area contributed by atoms with E-state index < -0.39 is 22.1 Å². The van der Waals surface area contributed by atoms with Crippen molar-refractivity contribution in [3.05, 3.63) is 0 Å². The molecule has 0 N–H and O–H groups in total. The number of carbonyl (C=O) groups is 1. The molecule has 1 fully saturated rings. The van der Waals surface area contributed by atoms with Gasteiger partial charge in [-0.05, 0) is 6.92 Å². The lowest BCUT2D eigenvalue weighted by molar-refractivity contribution is -0.157. The van der Waals surface area contributed by atoms with Crippen LogP contribution in [0, 0.1) is 0 Å². The Hall–Kier alpha value is -0.660. The SMILES string of the molecule is CCS(=O)(=O)N1CCOC(C(=O)OC)C1. The Morgan fingerprint density at radius 3 is 2.80 bits per heavy atom. The Bertz CT molecular complexity index is 326. The highest BCUT2D eigenvalue weighted by Gasteiger charge is 2.32. The molecule has 0 radical (unpaired) electrons. The van der Waals surface area contributed by atoms with Gasteiger partial charge >= 0.3 is 5.97 Å². The molecule has 0 bridgehead atoms. The van der Waals surface area contributed by atoms with Gasteiger partial charge in [0.1, 0.15) is 0 Å². The first-order valence-corrected chi connectivity index (χ1v) is 6.29. The molecule has 0 aliphatic carbocycles. The molecule has 0 aromatic rings. The third kappa shape index (κ3) is 2.90. The normalized spacial score (nSPS) is 23.7. The minimum atomic E-state index is -3.25. The molecule has 0 aromatic heterocycles. The van der Waals surface area contributed by atoms with Gasteiger partial charge in [-0.2, -0.15) is 4.31 Å². The van der Waals surface area contributed by atoms with Crippen molar-refractivity contribution in [3.63, 3.8) is 0 Å². The second-order valence-corrected chi connectivity index (χ2v) is 5.40. The Morgan fingerprint density at radius 2 is 2.27 bits per heavy atom. The zero-order valence-corrected chi connectivity index (χ0v) is 9.62. The molecule has 0 spiro atoms. The number of hydrogen-bond acceptors (Lipinski definition) is 5. The zero-order valence-electron chi connectivity index (χ0n) is 8.80. The van der Waals surface area contributed by atoms with Crippen LogP contribution in [0.25, 0.3) is 0 Å². The van der Waals surface area contributed by atoms with E-state index in [-0.39, 0.29) is 18.9 Å². The molecule has 1 unspecified atom stereocenters. The highest BCUT2D eigenvalue weighted by molar-refractivity contribution is 7.89. The van der Waals surface area contributed by atoms with Gasteiger partial charge < -0.3 is 9.47 Å². The number of nitrogens with zero attached hydrogens (tertiary/aromatic N) is 1. The number of rotatable bonds is 3. The van der Waals surface area contributed by atoms with Crippen LogP contribution in [0.2, 0.25) is 0 Å². The van der Waals surface area contributed by atoms with Gasteiger partial charge in [-0.1, -0.05) is 0 Å². The zero-order chi connectivity index (χ0) is 11.5. The summed E-state index contributed by atoms with van der Waals surface area (Å²) in [6.07, 6.45) is -0.801. The van der Waals surface area contributed by atoms with Crippen LogP contribution in [-0.2, 0) is 24.3 Å². The minimum absolute atomic E-state index is 0.0287. The summed E-state index contributed by atoms with van der Waals surface area (Å²) >= 11 is 0. The van der Waals surface area contributed by atoms with E-state index >= 15 is 0 Å². The van der Waals surface area contributed by atoms with Gasteiger partial charge in [0, 0.05) is 6.54 Å². The van der Waals surface area contributed by atoms with Crippen LogP contribution in [0.1, 0.15) is 6.92 Å². The van der Waals surface area contributed by atoms with Gasteiger partial charge in [0.15, 0.2) is 6.10 Å². The van der Waals surface area contributed by atoms with Gasteiger partial charge in [-0.3, -0.25) is 0 Å². The van der Waals surface area contributed by atoms with Crippen molar-refractivity contribution in [2.75, 3.05) is 32.6 Å². The summed E-state index contributed by atoms with van der Waals surface area (Å²) in [6, 6.07) is 0. The molecule has 0 saturated carbocycles. The number of esters is 1. The molecule has 1 atom stereocenters. The minimum Gasteiger partial charge on any atom is -0.467 e. The third-order valence-electron chi connectivity index (χ3n) is 2.25. The maximum Gasteiger partial charge on any atom is 0.336 e. The van der Waals surface area contributed by atoms with E-state index in [1.54, 1.807) is 6.92 Å². The first-order chi connectivity index (χ1) is 7.01. The second-order valence-electron chi connectivity index (χ2n) is 3.14. The topological polar surface area (TPSA) is 72.9 Å². The number of carbonyl (C=O) groups excluding carboxylic acids is 1. The van der Waals surface area contributed by atoms with Crippen molar-refractivity contribution in [2.24, 2.45) is 0 Å². The Labute approximate surface area is 89.2 Å². The maximum atomic E-state index is 11.5. The monoisotopic (exact) mass is 237 g/mol. The van der Waals surface area contributed by atoms with Crippen LogP contribution in [0.15, 0.2) is 0 Å². The van der Waals surface area contributed by atoms with Crippen LogP contribution in [0.5, 0.6) is 0 Å². The molecule has 1 aliphatic heterocycles. The lowest BCUT2D eigenvalue weighted by Gasteiger charge is -2.30. The number of methoxy groups -OCH3 is 1. The van der Waals surface area contributed by atoms with E-state index in [4.69, 9.17) is 4.74 Å². The van der Waals surface area contributed by atoms with Crippen molar-refractivity contribution in [2.45, 2.75) is 13.0 Å². The summed E-state index contributed by atoms with van der Waals surface area (Å²) < 4.78 is 33.9. The maximum absolute atomic E-state index is 11.5. The molecule has 1 aliphatic rings. The molecular formula is C8H15NO5S. The van der Waals surface area contributed by atoms with E-state index in [1.165, 1.54) is 11.4 Å². The Morgan fingerprint density at radius 1 is 1.60 bits per heavy atom. The quantitative estimate of drug-likeness (QED) is 0.601. The third-order valence-corrected chi connectivity index (χ3v) is 4.10. The van der Waals surface area contributed by atoms with Gasteiger partial charge in [-0.15, -0.1) is 0 Å². The number of morpholine rings is 1. The fourth-order valence-corrected chi connectivity index (χ4v) is 2.42. The molecule has 7 heteroatoms. The van der Waals surface area contributed by atoms with Crippen LogP contribution in [0.3, 0.4) is 0 Å². The average molecular weight is 237 g/mol. The van der Waals surface area contributed by atoms with Crippen molar-refractivity contribution in [3.8, 4) is 0 Å². The number of hydrogen-bond donors (Lipinski definition) is 0. The fraction of sp³-hybridized carbons (Fsp3) is 0.875. The van der Waals surface area contributed by atoms with E-state index in [0.29, 0.717) is 6.54 Å². The highest BCUT2D eigenvalue weighted by Crippen LogP contribution is 2.11. The predicted octanol–water partition coefficient (Wildman–Crippen LogP) is -0.790. The molecular weight excluding hydrogens is 222 g/mol. The smallest absolute Gasteiger partial charge is 0.336 e. The van der Waals surface area contributed by atoms with Crippen molar-refractivity contribution in [1.29, 1.82) is 0 Å². The Kier molecular flexibility index (Phi) is 4.06. The van der Waals surface area contributed by atoms with Crippen LogP contribution < -0.4 is 0 Å². The van der Waals surface area contributed by atoms with Crippen molar-refractivity contribution < 1.29 is 22.7 Å². The molecule has 1 heterocycles. The van der Waals surface area contributed by atoms with Gasteiger partial charge in [0.2, 0.25) is 10.0 Å². The van der Waals surface area contributed by atoms with E-state index in [2.05, 4.69) is 4.74 Å². The molecule has 0 amide bonds. The second kappa shape index (κ2) is 4.91. The van der Waals surface area contributed by atoms with Gasteiger partial charge in [-0.25, -0.2) is 13.2 Å². The summed E-state index contributed by atoms with van der Waals surface area (Å²) in [5.74, 6) is -0.507. The Balaban J connectivity index is 2.68. The predicted molar refractivity (Wildman–Crippen MR) is 52.8 cm³/mol. The summed E-state index contributed by atoms with van der Waals surface area (Å²) in [5, 5.41) is 0. The molecule has 88 valence electrons. The van der Waals surface area contributed by atoms with Crippen LogP contribution >= 0.6 is 0 Å². The fourth-order valence-electron chi connectivity index (χ4n) is 1.33. The summed E-state index contributed by atoms with van der Waals surface area (Å²) in [5.41, 5.74) is 0. The summed E-state index contributed by atoms with van der Waals surface area (Å²) in [6.45, 7) is 2.13. The summed E-state index contributed by atoms with van der Waals surface area (Å²) in [7, 11) is -2.00. The van der Waals surface area contributed by atoms with E-state index in [9.17, 15) is 13.2 Å². The van der Waals surface area contributed by atoms with Crippen LogP contribution in [-0.4, -0.2) is 57.4 Å². The molecule has 1 rings (SSSR count). The standard InChI is InChI=1S/C8H15NO5S/c1-3-15(11,12)9-4-5-14-7(6-9)8(10)13-2/h7H,3-6H2,1-2H3. The largest absolute Gasteiger partial charge is 0.467 e. The number of ether oxygens (including phenoxy) is 2. The first-order valence-electron chi connectivity index (χ1n) is 4.68. The van der Waals surface area contributed by atoms with Gasteiger partial charge in [0.25, 0.3) is 0 Å². The highest BCUT2D eigenvalue weighted by atomic mass is 32.2. The van der Waals surface area contributed by atoms with E-state index in [0.717, 1.165) is 0 Å². The lowest BCUT2D eigenvalue weighted by atomic mass is 10.3. The van der Waals surface area contributed by atoms with Crippen LogP contribution in [0.4, 0.5) is 0 Å². The van der Waals surface area contributed by atoms with Crippen molar-refractivity contribution in [1.82, 2.24) is 4.31 Å². The first kappa shape index (κ1) is 12.4.